The summed E-state index contributed by atoms with van der Waals surface area (Å²) in [7, 11) is 0. The first-order valence-corrected chi connectivity index (χ1v) is 12.1. The van der Waals surface area contributed by atoms with Gasteiger partial charge >= 0.3 is 0 Å². The van der Waals surface area contributed by atoms with Crippen molar-refractivity contribution in [1.82, 2.24) is 15.1 Å². The number of fused-ring (bicyclic) bond motifs is 1. The second kappa shape index (κ2) is 9.84. The van der Waals surface area contributed by atoms with Crippen molar-refractivity contribution in [2.75, 3.05) is 6.61 Å². The molecule has 1 amide bonds. The number of rotatable bonds is 8. The van der Waals surface area contributed by atoms with Gasteiger partial charge in [0.2, 0.25) is 0 Å². The van der Waals surface area contributed by atoms with E-state index >= 15 is 0 Å². The number of unbranched alkanes of at least 4 members (excludes halogenated alkanes) is 1. The lowest BCUT2D eigenvalue weighted by Gasteiger charge is -2.27. The largest absolute Gasteiger partial charge is 0.507 e. The van der Waals surface area contributed by atoms with Gasteiger partial charge in [0.25, 0.3) is 5.91 Å². The Bertz CT molecular complexity index is 1350. The first-order chi connectivity index (χ1) is 17.1. The lowest BCUT2D eigenvalue weighted by atomic mass is 9.95. The molecule has 0 saturated heterocycles. The van der Waals surface area contributed by atoms with Crippen molar-refractivity contribution in [2.24, 2.45) is 0 Å². The van der Waals surface area contributed by atoms with Crippen molar-refractivity contribution in [3.05, 3.63) is 100 Å². The zero-order valence-corrected chi connectivity index (χ0v) is 20.1. The van der Waals surface area contributed by atoms with Crippen LogP contribution in [0.25, 0.3) is 11.3 Å². The summed E-state index contributed by atoms with van der Waals surface area (Å²) >= 11 is 6.08. The van der Waals surface area contributed by atoms with Crippen molar-refractivity contribution < 1.29 is 14.6 Å². The number of nitrogens with zero attached hydrogens (tertiary/aromatic N) is 2. The smallest absolute Gasteiger partial charge is 0.273 e. The molecule has 0 aliphatic carbocycles. The predicted molar refractivity (Wildman–Crippen MR) is 136 cm³/mol. The normalized spacial score (nSPS) is 14.9. The average molecular weight is 488 g/mol. The van der Waals surface area contributed by atoms with E-state index in [9.17, 15) is 9.90 Å². The fraction of sp³-hybridized carbons (Fsp3) is 0.214. The quantitative estimate of drug-likeness (QED) is 0.283. The molecule has 1 unspecified atom stereocenters. The van der Waals surface area contributed by atoms with Gasteiger partial charge in [-0.3, -0.25) is 9.89 Å². The molecule has 0 fully saturated rings. The zero-order valence-electron chi connectivity index (χ0n) is 19.4. The number of hydrogen-bond acceptors (Lipinski definition) is 4. The van der Waals surface area contributed by atoms with Gasteiger partial charge in [-0.25, -0.2) is 0 Å². The lowest BCUT2D eigenvalue weighted by molar-refractivity contribution is 0.0730. The van der Waals surface area contributed by atoms with Crippen LogP contribution in [-0.4, -0.2) is 32.7 Å². The van der Waals surface area contributed by atoms with Crippen LogP contribution in [0.1, 0.15) is 53.0 Å². The van der Waals surface area contributed by atoms with E-state index in [1.165, 1.54) is 0 Å². The molecule has 1 atom stereocenters. The highest BCUT2D eigenvalue weighted by molar-refractivity contribution is 6.30. The Morgan fingerprint density at radius 3 is 2.66 bits per heavy atom. The van der Waals surface area contributed by atoms with Crippen LogP contribution in [0.4, 0.5) is 0 Å². The van der Waals surface area contributed by atoms with E-state index in [0.717, 1.165) is 35.3 Å². The molecule has 0 saturated carbocycles. The lowest BCUT2D eigenvalue weighted by Crippen LogP contribution is -2.29. The van der Waals surface area contributed by atoms with Gasteiger partial charge in [0.05, 0.1) is 12.6 Å². The molecular weight excluding hydrogens is 462 g/mol. The monoisotopic (exact) mass is 487 g/mol. The number of aromatic nitrogens is 2. The summed E-state index contributed by atoms with van der Waals surface area (Å²) in [5.74, 6) is 0.725. The van der Waals surface area contributed by atoms with Crippen LogP contribution in [0.5, 0.6) is 11.5 Å². The molecule has 1 aromatic heterocycles. The molecule has 6 nitrogen and oxygen atoms in total. The molecular formula is C28H26ClN3O3. The van der Waals surface area contributed by atoms with Gasteiger partial charge in [-0.15, -0.1) is 0 Å². The Kier molecular flexibility index (Phi) is 6.47. The molecule has 5 rings (SSSR count). The number of carbonyl (C=O) groups excluding carboxylic acids is 1. The molecule has 35 heavy (non-hydrogen) atoms. The van der Waals surface area contributed by atoms with Gasteiger partial charge < -0.3 is 14.7 Å². The van der Waals surface area contributed by atoms with Gasteiger partial charge in [-0.1, -0.05) is 61.3 Å². The Morgan fingerprint density at radius 2 is 1.89 bits per heavy atom. The minimum atomic E-state index is -0.406. The summed E-state index contributed by atoms with van der Waals surface area (Å²) in [6, 6.07) is 22.0. The summed E-state index contributed by atoms with van der Waals surface area (Å²) in [4.78, 5) is 15.4. The Balaban J connectivity index is 1.60. The van der Waals surface area contributed by atoms with Gasteiger partial charge in [0.1, 0.15) is 22.9 Å². The topological polar surface area (TPSA) is 78.5 Å². The number of H-pyrrole nitrogens is 1. The van der Waals surface area contributed by atoms with E-state index in [4.69, 9.17) is 16.3 Å². The molecule has 1 aliphatic rings. The maximum absolute atomic E-state index is 13.6. The third kappa shape index (κ3) is 4.49. The van der Waals surface area contributed by atoms with E-state index < -0.39 is 6.04 Å². The molecule has 4 aromatic rings. The van der Waals surface area contributed by atoms with Crippen molar-refractivity contribution in [1.29, 1.82) is 0 Å². The van der Waals surface area contributed by atoms with Crippen LogP contribution in [0.15, 0.2) is 72.8 Å². The first kappa shape index (κ1) is 23.0. The number of para-hydroxylation sites is 1. The van der Waals surface area contributed by atoms with Crippen LogP contribution in [0.2, 0.25) is 5.02 Å². The predicted octanol–water partition coefficient (Wildman–Crippen LogP) is 6.36. The Morgan fingerprint density at radius 1 is 1.09 bits per heavy atom. The number of aromatic hydroxyl groups is 1. The van der Waals surface area contributed by atoms with E-state index in [1.807, 2.05) is 59.5 Å². The van der Waals surface area contributed by atoms with Crippen molar-refractivity contribution in [2.45, 2.75) is 32.4 Å². The molecule has 3 aromatic carbocycles. The van der Waals surface area contributed by atoms with E-state index in [2.05, 4.69) is 17.1 Å². The maximum Gasteiger partial charge on any atom is 0.273 e. The van der Waals surface area contributed by atoms with Crippen molar-refractivity contribution >= 4 is 17.5 Å². The number of halogens is 1. The van der Waals surface area contributed by atoms with Crippen LogP contribution in [-0.2, 0) is 6.54 Å². The number of ether oxygens (including phenoxy) is 1. The summed E-state index contributed by atoms with van der Waals surface area (Å²) in [5, 5.41) is 18.6. The number of carbonyl (C=O) groups is 1. The minimum absolute atomic E-state index is 0.112. The summed E-state index contributed by atoms with van der Waals surface area (Å²) < 4.78 is 5.96. The van der Waals surface area contributed by atoms with Gasteiger partial charge in [0.15, 0.2) is 0 Å². The second-order valence-electron chi connectivity index (χ2n) is 8.61. The summed E-state index contributed by atoms with van der Waals surface area (Å²) in [6.07, 6.45) is 2.02. The van der Waals surface area contributed by atoms with Crippen molar-refractivity contribution in [3.8, 4) is 22.8 Å². The van der Waals surface area contributed by atoms with E-state index in [1.54, 1.807) is 18.2 Å². The van der Waals surface area contributed by atoms with Gasteiger partial charge in [-0.05, 0) is 53.9 Å². The SMILES string of the molecule is CCCCOc1cccc(C2c3c(-c4ccccc4O)n[nH]c3C(=O)N2Cc2ccc(Cl)cc2)c1. The van der Waals surface area contributed by atoms with Gasteiger partial charge in [0, 0.05) is 22.7 Å². The van der Waals surface area contributed by atoms with Crippen LogP contribution >= 0.6 is 11.6 Å². The molecule has 2 heterocycles. The highest BCUT2D eigenvalue weighted by Gasteiger charge is 2.42. The average Bonchev–Trinajstić information content (AvgIpc) is 3.40. The molecule has 1 aliphatic heterocycles. The minimum Gasteiger partial charge on any atom is -0.507 e. The molecule has 0 bridgehead atoms. The third-order valence-corrected chi connectivity index (χ3v) is 6.48. The fourth-order valence-corrected chi connectivity index (χ4v) is 4.61. The molecule has 2 N–H and O–H groups in total. The first-order valence-electron chi connectivity index (χ1n) is 11.7. The van der Waals surface area contributed by atoms with Gasteiger partial charge in [-0.2, -0.15) is 5.10 Å². The number of hydrogen-bond donors (Lipinski definition) is 2. The van der Waals surface area contributed by atoms with Crippen LogP contribution < -0.4 is 4.74 Å². The van der Waals surface area contributed by atoms with Crippen molar-refractivity contribution in [3.63, 3.8) is 0 Å². The number of phenolic OH excluding ortho intramolecular Hbond substituents is 1. The standard InChI is InChI=1S/C28H26ClN3O3/c1-2-3-15-35-21-8-6-7-19(16-21)27-24-25(22-9-4-5-10-23(22)33)30-31-26(24)28(34)32(27)17-18-11-13-20(29)14-12-18/h4-14,16,27,33H,2-3,15,17H2,1H3,(H,30,31). The van der Waals surface area contributed by atoms with Crippen LogP contribution in [0, 0.1) is 0 Å². The Hall–Kier alpha value is -3.77. The second-order valence-corrected chi connectivity index (χ2v) is 9.05. The van der Waals surface area contributed by atoms with Crippen LogP contribution in [0.3, 0.4) is 0 Å². The number of nitrogens with one attached hydrogen (secondary N) is 1. The maximum atomic E-state index is 13.6. The Labute approximate surface area is 209 Å². The molecule has 7 heteroatoms. The molecule has 178 valence electrons. The summed E-state index contributed by atoms with van der Waals surface area (Å²) in [5.41, 5.74) is 4.19. The molecule has 0 radical (unpaired) electrons. The third-order valence-electron chi connectivity index (χ3n) is 6.23. The number of phenols is 1. The molecule has 0 spiro atoms. The number of aromatic amines is 1. The highest BCUT2D eigenvalue weighted by Crippen LogP contribution is 2.45. The zero-order chi connectivity index (χ0) is 24.4. The fourth-order valence-electron chi connectivity index (χ4n) is 4.48. The van der Waals surface area contributed by atoms with E-state index in [0.29, 0.717) is 35.1 Å². The highest BCUT2D eigenvalue weighted by atomic mass is 35.5. The number of benzene rings is 3. The summed E-state index contributed by atoms with van der Waals surface area (Å²) in [6.45, 7) is 3.15. The number of amides is 1. The van der Waals surface area contributed by atoms with E-state index in [-0.39, 0.29) is 11.7 Å².